The minimum atomic E-state index is -2.41. The first kappa shape index (κ1) is 94.3. The fraction of sp³-hybridized carbons (Fsp3) is 0.321. The van der Waals surface area contributed by atoms with Crippen LogP contribution in [-0.4, -0.2) is 32.3 Å². The number of hydrogen-bond acceptors (Lipinski definition) is 2. The molecule has 0 atom stereocenters. The molecule has 12 aromatic rings. The monoisotopic (exact) mass is 1590 g/mol. The summed E-state index contributed by atoms with van der Waals surface area (Å²) in [7, 11) is -7.78. The molecule has 12 rings (SSSR count). The maximum Gasteiger partial charge on any atom is 0.179 e. The molecule has 2 nitrogen and oxygen atoms in total. The topological polar surface area (TPSA) is 47.6 Å². The molecule has 0 unspecified atom stereocenters. The fourth-order valence-electron chi connectivity index (χ4n) is 13.7. The smallest absolute Gasteiger partial charge is 0.179 e. The average molecular weight is 1590 g/mol. The van der Waals surface area contributed by atoms with Crippen molar-refractivity contribution in [2.45, 2.75) is 212 Å². The molecule has 0 saturated carbocycles. The first-order chi connectivity index (χ1) is 54.2. The Morgan fingerprint density at radius 3 is 0.696 bits per heavy atom. The molecular formula is C109H140N2Si4. The minimum absolute atomic E-state index is 0.0618. The van der Waals surface area contributed by atoms with Crippen molar-refractivity contribution >= 4 is 89.3 Å². The van der Waals surface area contributed by atoms with E-state index in [1.807, 2.05) is 65.8 Å². The summed E-state index contributed by atoms with van der Waals surface area (Å²) < 4.78 is 6.94. The molecule has 0 fully saturated rings. The van der Waals surface area contributed by atoms with Crippen LogP contribution in [0.1, 0.15) is 190 Å². The van der Waals surface area contributed by atoms with E-state index in [-0.39, 0.29) is 32.6 Å². The summed E-state index contributed by atoms with van der Waals surface area (Å²) in [6.45, 7) is 59.2. The number of rotatable bonds is 11. The van der Waals surface area contributed by atoms with Crippen LogP contribution in [0.5, 0.6) is 0 Å². The van der Waals surface area contributed by atoms with Crippen LogP contribution in [0.15, 0.2) is 346 Å². The number of hydrogen-bond donors (Lipinski definition) is 0. The molecular weight excluding hydrogens is 1450 g/mol. The molecule has 0 aliphatic rings. The summed E-state index contributed by atoms with van der Waals surface area (Å²) in [5.74, 6) is 0.583. The molecule has 0 N–H and O–H groups in total. The lowest BCUT2D eigenvalue weighted by Crippen LogP contribution is -2.74. The predicted molar refractivity (Wildman–Crippen MR) is 520 cm³/mol. The van der Waals surface area contributed by atoms with Crippen molar-refractivity contribution < 1.29 is 1.37 Å². The van der Waals surface area contributed by atoms with E-state index >= 15 is 0 Å². The van der Waals surface area contributed by atoms with Crippen LogP contribution in [0.25, 0.3) is 0 Å². The number of nitrogens with zero attached hydrogens (tertiary/aromatic N) is 2. The van der Waals surface area contributed by atoms with E-state index in [2.05, 4.69) is 478 Å². The molecule has 6 heteroatoms. The molecule has 0 radical (unpaired) electrons. The summed E-state index contributed by atoms with van der Waals surface area (Å²) in [5, 5.41) is 33.5. The summed E-state index contributed by atoms with van der Waals surface area (Å²) in [5.41, 5.74) is 4.83. The molecule has 0 aromatic heterocycles. The molecule has 0 aliphatic heterocycles. The third-order valence-corrected chi connectivity index (χ3v) is 40.7. The van der Waals surface area contributed by atoms with Gasteiger partial charge in [0.25, 0.3) is 0 Å². The van der Waals surface area contributed by atoms with E-state index in [4.69, 9.17) is 11.9 Å². The van der Waals surface area contributed by atoms with E-state index in [9.17, 15) is 0 Å². The predicted octanol–water partition coefficient (Wildman–Crippen LogP) is 23.5. The molecule has 0 heterocycles. The van der Waals surface area contributed by atoms with E-state index < -0.39 is 32.3 Å². The lowest BCUT2D eigenvalue weighted by atomic mass is 9.84. The van der Waals surface area contributed by atoms with Gasteiger partial charge in [-0.1, -0.05) is 505 Å². The third kappa shape index (κ3) is 27.3. The average Bonchev–Trinajstić information content (AvgIpc) is 0.738. The number of nitriles is 2. The Bertz CT molecular complexity index is 4540. The van der Waals surface area contributed by atoms with Gasteiger partial charge in [-0.3, -0.25) is 0 Å². The zero-order valence-electron chi connectivity index (χ0n) is 76.4. The molecule has 0 bridgehead atoms. The summed E-state index contributed by atoms with van der Waals surface area (Å²) >= 11 is 0. The van der Waals surface area contributed by atoms with Crippen molar-refractivity contribution in [2.24, 2.45) is 17.2 Å². The molecule has 0 aliphatic carbocycles. The highest BCUT2D eigenvalue weighted by atomic mass is 28.3. The minimum Gasteiger partial charge on any atom is -0.198 e. The highest BCUT2D eigenvalue weighted by Gasteiger charge is 2.49. The molecule has 0 saturated heterocycles. The van der Waals surface area contributed by atoms with Crippen molar-refractivity contribution in [3.05, 3.63) is 368 Å². The van der Waals surface area contributed by atoms with Crippen LogP contribution in [0.2, 0.25) is 29.7 Å². The first-order valence-electron chi connectivity index (χ1n) is 41.8. The van der Waals surface area contributed by atoms with Crippen molar-refractivity contribution in [2.75, 3.05) is 0 Å². The van der Waals surface area contributed by atoms with Gasteiger partial charge in [0.15, 0.2) is 24.2 Å². The zero-order chi connectivity index (χ0) is 86.5. The molecule has 115 heavy (non-hydrogen) atoms. The fourth-order valence-corrected chi connectivity index (χ4v) is 28.9. The molecule has 0 spiro atoms. The molecule has 602 valence electrons. The van der Waals surface area contributed by atoms with E-state index in [0.29, 0.717) is 5.04 Å². The Labute approximate surface area is 705 Å². The first-order valence-corrected chi connectivity index (χ1v) is 50.8. The van der Waals surface area contributed by atoms with Crippen LogP contribution in [0.3, 0.4) is 0 Å². The second-order valence-electron chi connectivity index (χ2n) is 38.5. The van der Waals surface area contributed by atoms with Gasteiger partial charge in [0.2, 0.25) is 0 Å². The van der Waals surface area contributed by atoms with Gasteiger partial charge in [-0.2, -0.15) is 10.5 Å². The van der Waals surface area contributed by atoms with Gasteiger partial charge in [0, 0.05) is 14.9 Å². The van der Waals surface area contributed by atoms with Gasteiger partial charge in [-0.25, -0.2) is 0 Å². The van der Waals surface area contributed by atoms with E-state index in [1.54, 1.807) is 0 Å². The van der Waals surface area contributed by atoms with Crippen LogP contribution < -0.4 is 57.1 Å². The van der Waals surface area contributed by atoms with E-state index in [1.165, 1.54) is 68.2 Å². The Hall–Kier alpha value is -9.51. The van der Waals surface area contributed by atoms with Crippen LogP contribution >= 0.6 is 0 Å². The van der Waals surface area contributed by atoms with Crippen LogP contribution in [0.4, 0.5) is 0 Å². The Morgan fingerprint density at radius 2 is 0.487 bits per heavy atom. The number of benzene rings is 12. The third-order valence-electron chi connectivity index (χ3n) is 20.8. The second kappa shape index (κ2) is 43.4. The highest BCUT2D eigenvalue weighted by molar-refractivity contribution is 7.20. The molecule has 12 aromatic carbocycles. The highest BCUT2D eigenvalue weighted by Crippen LogP contribution is 2.37. The normalized spacial score (nSPS) is 12.0. The van der Waals surface area contributed by atoms with Crippen molar-refractivity contribution in [1.82, 2.24) is 0 Å². The van der Waals surface area contributed by atoms with Crippen molar-refractivity contribution in [3.63, 3.8) is 0 Å². The van der Waals surface area contributed by atoms with Crippen LogP contribution in [-0.2, 0) is 16.2 Å². The quantitative estimate of drug-likeness (QED) is 0.0957. The van der Waals surface area contributed by atoms with Gasteiger partial charge in [0.1, 0.15) is 0 Å². The Morgan fingerprint density at radius 1 is 0.270 bits per heavy atom. The van der Waals surface area contributed by atoms with Crippen molar-refractivity contribution in [1.29, 1.82) is 10.5 Å². The maximum atomic E-state index is 8.83. The summed E-state index contributed by atoms with van der Waals surface area (Å²) in [6, 6.07) is 131. The lowest BCUT2D eigenvalue weighted by Gasteiger charge is -2.44. The standard InChI is InChI=1S/2C28H28Si.C22H24Si.C11H13N.C7H18Si.C5H9N.2C4H10/c1-28(2,3)23-14-13-21-27(22-23)29(24-15-7-4-8-16-24,25-17-9-5-10-18-25)26-19-11-6-12-20-26;1-28(2,3)23-19-21-27(22-20-23)29(24-13-7-4-8-14-24,25-15-9-5-10-16-25)26-17-11-6-12-18-26;1-22(2,3)23(19-13-7-4-8-14-19,20-15-9-5-10-16-20)21-17-11-6-12-18-21;1-11(2,3)10-7-5-4-6-9(10)8-12;1-7(2,3)8(4,5)6;1-5(2,3)4-6;2*1-4(2)3/h2*4-22H,1-3H3;4-18H,1-3H3;4-7H,1-3H3;1-6H3;1-3H3;2*4H,1-3H3/i;;;;;;4D;. The van der Waals surface area contributed by atoms with Gasteiger partial charge in [-0.15, -0.1) is 0 Å². The van der Waals surface area contributed by atoms with E-state index in [0.717, 1.165) is 17.0 Å². The maximum absolute atomic E-state index is 8.83. The Balaban J connectivity index is 0.000000259. The van der Waals surface area contributed by atoms with Crippen molar-refractivity contribution in [3.8, 4) is 12.1 Å². The lowest BCUT2D eigenvalue weighted by molar-refractivity contribution is 0.561. The summed E-state index contributed by atoms with van der Waals surface area (Å²) in [4.78, 5) is 0. The SMILES string of the molecule is CC(C)(C)C#N.CC(C)(C)[Si](C)(C)C.CC(C)(C)[Si](c1ccccc1)(c1ccccc1)c1ccccc1.CC(C)(C)c1ccc([Si](c2ccccc2)(c2ccccc2)c2ccccc2)cc1.CC(C)(C)c1cccc([Si](c2ccccc2)(c2ccccc2)c2ccccc2)c1.CC(C)(C)c1ccccc1C#N.CC(C)C.[2H]C(C)(C)C. The zero-order valence-corrected chi connectivity index (χ0v) is 79.4. The van der Waals surface area contributed by atoms with Gasteiger partial charge < -0.3 is 0 Å². The van der Waals surface area contributed by atoms with Crippen LogP contribution in [0, 0.1) is 39.9 Å². The molecule has 0 amide bonds. The van der Waals surface area contributed by atoms with Gasteiger partial charge in [0.05, 0.1) is 17.7 Å². The largest absolute Gasteiger partial charge is 0.198 e. The summed E-state index contributed by atoms with van der Waals surface area (Å²) in [6.07, 6.45) is 0. The second-order valence-corrected chi connectivity index (χ2v) is 56.8. The Kier molecular flexibility index (Phi) is 35.6. The van der Waals surface area contributed by atoms with Gasteiger partial charge >= 0.3 is 0 Å². The van der Waals surface area contributed by atoms with Gasteiger partial charge in [-0.05, 0) is 139 Å².